The van der Waals surface area contributed by atoms with Crippen LogP contribution in [0.5, 0.6) is 0 Å². The fourth-order valence-electron chi connectivity index (χ4n) is 18.2. The van der Waals surface area contributed by atoms with Crippen molar-refractivity contribution in [2.24, 2.45) is 0 Å². The molecule has 0 N–H and O–H groups in total. The van der Waals surface area contributed by atoms with Gasteiger partial charge in [0.25, 0.3) is 0 Å². The van der Waals surface area contributed by atoms with E-state index in [1.54, 1.807) is 95.4 Å². The molecule has 10 heterocycles. The van der Waals surface area contributed by atoms with Crippen molar-refractivity contribution >= 4 is 266 Å². The number of fused-ring (bicyclic) bond motifs is 5. The summed E-state index contributed by atoms with van der Waals surface area (Å²) in [5.74, 6) is -1.70. The Morgan fingerprint density at radius 3 is 0.830 bits per heavy atom. The third-order valence-corrected chi connectivity index (χ3v) is 77.1. The maximum Gasteiger partial charge on any atom is 0.342 e. The first kappa shape index (κ1) is 91.4. The molecule has 0 saturated heterocycles. The van der Waals surface area contributed by atoms with Gasteiger partial charge in [-0.2, -0.15) is 0 Å². The van der Waals surface area contributed by atoms with Crippen molar-refractivity contribution in [1.82, 2.24) is 0 Å². The van der Waals surface area contributed by atoms with Crippen LogP contribution in [0, 0.1) is 0 Å². The van der Waals surface area contributed by atoms with Crippen LogP contribution in [0.15, 0.2) is 36.4 Å². The zero-order chi connectivity index (χ0) is 77.7. The Morgan fingerprint density at radius 2 is 0.585 bits per heavy atom. The van der Waals surface area contributed by atoms with Crippen LogP contribution in [0.25, 0.3) is 66.5 Å². The van der Waals surface area contributed by atoms with Crippen molar-refractivity contribution < 1.29 is 38.1 Å². The van der Waals surface area contributed by atoms with Gasteiger partial charge in [0.15, 0.2) is 0 Å². The first-order valence-corrected chi connectivity index (χ1v) is 61.6. The van der Waals surface area contributed by atoms with Crippen molar-refractivity contribution in [2.45, 2.75) is 282 Å². The molecule has 0 aromatic carbocycles. The minimum Gasteiger partial charge on any atom is -0.462 e. The Morgan fingerprint density at radius 1 is 0.340 bits per heavy atom. The first-order valence-electron chi connectivity index (χ1n) is 38.5. The predicted octanol–water partition coefficient (Wildman–Crippen LogP) is 30.1. The molecule has 586 valence electrons. The molecule has 0 atom stereocenters. The molecular weight excluding hydrogens is 1710 g/mol. The number of carbonyl (C=O) groups is 4. The first-order chi connectivity index (χ1) is 49.6. The summed E-state index contributed by atoms with van der Waals surface area (Å²) in [5.41, 5.74) is 7.89. The van der Waals surface area contributed by atoms with Gasteiger partial charge in [-0.05, 0) is 94.2 Å². The molecule has 10 rings (SSSR count). The maximum atomic E-state index is 13.9. The van der Waals surface area contributed by atoms with Gasteiger partial charge in [0.05, 0.1) is 66.1 Å². The van der Waals surface area contributed by atoms with Crippen LogP contribution >= 0.6 is 137 Å². The molecule has 106 heavy (non-hydrogen) atoms. The van der Waals surface area contributed by atoms with Crippen LogP contribution < -0.4 is 16.4 Å². The molecule has 0 aliphatic heterocycles. The van der Waals surface area contributed by atoms with Crippen LogP contribution in [0.3, 0.4) is 0 Å². The number of carbonyl (C=O) groups excluding carboxylic acids is 4. The number of esters is 4. The van der Waals surface area contributed by atoms with Crippen LogP contribution in [0.2, 0.25) is 71.9 Å². The minimum atomic E-state index is -2.29. The van der Waals surface area contributed by atoms with E-state index >= 15 is 0 Å². The van der Waals surface area contributed by atoms with E-state index in [2.05, 4.69) is 204 Å². The van der Waals surface area contributed by atoms with Gasteiger partial charge in [0.2, 0.25) is 0 Å². The van der Waals surface area contributed by atoms with Gasteiger partial charge < -0.3 is 18.9 Å². The smallest absolute Gasteiger partial charge is 0.342 e. The van der Waals surface area contributed by atoms with E-state index in [-0.39, 0.29) is 65.6 Å². The quantitative estimate of drug-likeness (QED) is 0.0233. The Bertz CT molecular complexity index is 4190. The van der Waals surface area contributed by atoms with Crippen molar-refractivity contribution in [1.29, 1.82) is 0 Å². The average molecular weight is 1830 g/mol. The topological polar surface area (TPSA) is 105 Å². The van der Waals surface area contributed by atoms with Gasteiger partial charge in [-0.15, -0.1) is 90.7 Å². The fraction of sp³-hybridized carbons (Fsp3) is 0.585. The molecule has 0 radical (unpaired) electrons. The van der Waals surface area contributed by atoms with E-state index in [1.807, 2.05) is 39.4 Å². The van der Waals surface area contributed by atoms with Crippen LogP contribution in [0.4, 0.5) is 0 Å². The second-order valence-corrected chi connectivity index (χ2v) is 75.6. The van der Waals surface area contributed by atoms with E-state index in [1.165, 1.54) is 57.3 Å². The fourth-order valence-corrected chi connectivity index (χ4v) is 78.4. The van der Waals surface area contributed by atoms with Crippen LogP contribution in [-0.4, -0.2) is 92.9 Å². The van der Waals surface area contributed by atoms with E-state index in [0.717, 1.165) is 68.2 Å². The molecule has 0 bridgehead atoms. The summed E-state index contributed by atoms with van der Waals surface area (Å²) in [6, 6.07) is 14.9. The van der Waals surface area contributed by atoms with Crippen molar-refractivity contribution in [2.75, 3.05) is 26.4 Å². The number of rotatable bonds is 32. The normalized spacial score (nSPS) is 12.7. The SMILES string of the molecule is C.CCC[CH2][Sn]([CH2]CCC)([CH2]CCC)[c]1cc2sc([Si](C(C)C)(C(C)C)C(C)C)cc2s1.CCOC(=O)c1c(-c2cc3sc([Si](C(C)C)(C(C)C)C(C)C)cc3s2)sc2c(C(=O)OCC)c(-c3cc4sc([Si](C(C)C)(C(C)C)C(C)C)cc4s3)sc12.CCOC(=O)c1c(Cl)sc2c(C(=O)OCC)c(Cl)sc12. The maximum absolute atomic E-state index is 13.9. The van der Waals surface area contributed by atoms with E-state index in [4.69, 9.17) is 42.1 Å². The molecule has 8 nitrogen and oxygen atoms in total. The Kier molecular flexibility index (Phi) is 33.7. The number of unbranched alkanes of at least 4 members (excludes halogenated alkanes) is 3. The van der Waals surface area contributed by atoms with E-state index in [9.17, 15) is 19.2 Å². The van der Waals surface area contributed by atoms with Crippen LogP contribution in [0.1, 0.15) is 260 Å². The Labute approximate surface area is 692 Å². The second kappa shape index (κ2) is 39.0. The third-order valence-electron chi connectivity index (χ3n) is 22.4. The third kappa shape index (κ3) is 17.7. The largest absolute Gasteiger partial charge is 0.462 e. The molecule has 10 aromatic heterocycles. The van der Waals surface area contributed by atoms with Crippen molar-refractivity contribution in [3.05, 3.63) is 67.3 Å². The molecule has 0 aliphatic carbocycles. The standard InChI is InChI=1S/C42H56O4S6Si2.C15H23S2Si.C12H10Cl2O4S2.3C4H9.CH4.Sn/c1-15-45-41(43)35-37(31-17-27-29(47-31)19-33(49-27)53(21(3)4,22(5)6)23(7)8)51-40-36(42(44)46-16-2)38(52-39(35)40)32-18-28-30(48-32)20-34(50-28)54(24(9)10,25(11)12)26(13)14;1-10(2)18(11(3)4,12(5)6)15-9-14-13(17-15)7-8-16-14;1-3-17-11(15)5-7-8(20-9(5)13)6(10(14)19-7)12(16)18-4-2;3*1-3-4-2;;/h17-26H,15-16H2,1-14H3;7,9-12H,1-6H3;3-4H2,1-2H3;3*1,3-4H2,2H3;1H4;. The van der Waals surface area contributed by atoms with Gasteiger partial charge in [-0.1, -0.05) is 114 Å². The summed E-state index contributed by atoms with van der Waals surface area (Å²) >= 11 is 27.1. The number of hydrogen-bond acceptors (Lipinski definition) is 18. The molecular formula is C82H120Cl2O8S10Si3Sn. The van der Waals surface area contributed by atoms with Gasteiger partial charge in [0, 0.05) is 28.6 Å². The molecule has 0 saturated carbocycles. The number of hydrogen-bond donors (Lipinski definition) is 0. The molecule has 0 fully saturated rings. The van der Waals surface area contributed by atoms with Gasteiger partial charge >= 0.3 is 233 Å². The summed E-state index contributed by atoms with van der Waals surface area (Å²) in [4.78, 5) is 55.5. The molecule has 0 aliphatic rings. The number of thiophene rings is 10. The van der Waals surface area contributed by atoms with Crippen molar-refractivity contribution in [3.8, 4) is 19.5 Å². The Balaban J connectivity index is 0.000000253. The summed E-state index contributed by atoms with van der Waals surface area (Å²) in [7, 11) is -5.13. The molecule has 10 aromatic rings. The van der Waals surface area contributed by atoms with Crippen LogP contribution in [-0.2, 0) is 18.9 Å². The summed E-state index contributed by atoms with van der Waals surface area (Å²) in [5, 5.41) is 0. The average Bonchev–Trinajstić information content (AvgIpc) is 1.57. The predicted molar refractivity (Wildman–Crippen MR) is 494 cm³/mol. The monoisotopic (exact) mass is 1830 g/mol. The summed E-state index contributed by atoms with van der Waals surface area (Å²) in [6.07, 6.45) is 8.49. The Hall–Kier alpha value is -1.79. The zero-order valence-corrected chi connectivity index (χ0v) is 82.5. The molecule has 0 spiro atoms. The summed E-state index contributed by atoms with van der Waals surface area (Å²) < 4.78 is 44.8. The second-order valence-electron chi connectivity index (χ2n) is 30.9. The molecule has 24 heteroatoms. The molecule has 0 amide bonds. The van der Waals surface area contributed by atoms with Gasteiger partial charge in [0.1, 0.15) is 35.9 Å². The minimum absolute atomic E-state index is 0. The zero-order valence-electron chi connectivity index (χ0n) is 67.0. The van der Waals surface area contributed by atoms with Crippen molar-refractivity contribution in [3.63, 3.8) is 0 Å². The van der Waals surface area contributed by atoms with Gasteiger partial charge in [-0.25, -0.2) is 19.2 Å². The summed E-state index contributed by atoms with van der Waals surface area (Å²) in [6.45, 7) is 59.4. The molecule has 0 unspecified atom stereocenters. The van der Waals surface area contributed by atoms with E-state index in [0.29, 0.717) is 53.8 Å². The van der Waals surface area contributed by atoms with Gasteiger partial charge in [-0.3, -0.25) is 0 Å². The number of ether oxygens (including phenoxy) is 4. The van der Waals surface area contributed by atoms with E-state index < -0.39 is 54.5 Å². The number of halogens is 2.